The molecule has 1 aliphatic heterocycles. The highest BCUT2D eigenvalue weighted by Gasteiger charge is 2.38. The number of aliphatic hydroxyl groups is 1. The van der Waals surface area contributed by atoms with Crippen molar-refractivity contribution in [2.75, 3.05) is 6.54 Å². The maximum Gasteiger partial charge on any atom is 0.264 e. The Kier molecular flexibility index (Phi) is 6.99. The summed E-state index contributed by atoms with van der Waals surface area (Å²) in [6.45, 7) is 0.524. The third kappa shape index (κ3) is 5.32. The van der Waals surface area contributed by atoms with Crippen LogP contribution in [0.3, 0.4) is 0 Å². The molecule has 0 radical (unpaired) electrons. The van der Waals surface area contributed by atoms with Crippen molar-refractivity contribution < 1.29 is 19.4 Å². The highest BCUT2D eigenvalue weighted by Crippen LogP contribution is 2.27. The smallest absolute Gasteiger partial charge is 0.264 e. The summed E-state index contributed by atoms with van der Waals surface area (Å²) in [6, 6.07) is 16.1. The summed E-state index contributed by atoms with van der Waals surface area (Å²) in [5, 5.41) is 13.7. The first-order valence-corrected chi connectivity index (χ1v) is 11.2. The zero-order valence-corrected chi connectivity index (χ0v) is 17.7. The minimum atomic E-state index is -1.30. The number of nitrogens with zero attached hydrogens (tertiary/aromatic N) is 1. The van der Waals surface area contributed by atoms with Gasteiger partial charge in [-0.1, -0.05) is 49.6 Å². The van der Waals surface area contributed by atoms with Crippen molar-refractivity contribution in [1.82, 2.24) is 10.2 Å². The molecule has 6 nitrogen and oxygen atoms in total. The molecule has 1 heterocycles. The van der Waals surface area contributed by atoms with Crippen molar-refractivity contribution in [3.8, 4) is 11.5 Å². The van der Waals surface area contributed by atoms with Gasteiger partial charge in [-0.3, -0.25) is 14.5 Å². The molecule has 2 unspecified atom stereocenters. The van der Waals surface area contributed by atoms with Crippen molar-refractivity contribution in [2.45, 2.75) is 63.3 Å². The summed E-state index contributed by atoms with van der Waals surface area (Å²) < 4.78 is 5.85. The zero-order valence-electron chi connectivity index (χ0n) is 17.7. The maximum atomic E-state index is 13.2. The van der Waals surface area contributed by atoms with Crippen LogP contribution in [-0.4, -0.2) is 46.6 Å². The highest BCUT2D eigenvalue weighted by molar-refractivity contribution is 6.01. The molecule has 2 fully saturated rings. The molecule has 4 rings (SSSR count). The minimum Gasteiger partial charge on any atom is -0.457 e. The summed E-state index contributed by atoms with van der Waals surface area (Å²) in [5.41, 5.74) is 0.519. The van der Waals surface area contributed by atoms with Gasteiger partial charge in [0.25, 0.3) is 5.91 Å². The fourth-order valence-electron chi connectivity index (χ4n) is 4.57. The number of ether oxygens (including phenoxy) is 1. The molecule has 2 atom stereocenters. The zero-order chi connectivity index (χ0) is 21.6. The molecule has 1 aliphatic carbocycles. The van der Waals surface area contributed by atoms with E-state index in [1.165, 1.54) is 6.42 Å². The van der Waals surface area contributed by atoms with E-state index in [1.54, 1.807) is 23.1 Å². The van der Waals surface area contributed by atoms with Crippen LogP contribution in [0.15, 0.2) is 54.6 Å². The number of amides is 1. The molecule has 2 N–H and O–H groups in total. The number of hydrogen-bond acceptors (Lipinski definition) is 5. The van der Waals surface area contributed by atoms with Crippen LogP contribution in [-0.2, 0) is 4.79 Å². The summed E-state index contributed by atoms with van der Waals surface area (Å²) >= 11 is 0. The van der Waals surface area contributed by atoms with Crippen LogP contribution in [0.25, 0.3) is 0 Å². The van der Waals surface area contributed by atoms with Crippen LogP contribution < -0.4 is 10.1 Å². The first kappa shape index (κ1) is 21.5. The van der Waals surface area contributed by atoms with Gasteiger partial charge in [0.05, 0.1) is 6.04 Å². The van der Waals surface area contributed by atoms with E-state index in [-0.39, 0.29) is 11.8 Å². The van der Waals surface area contributed by atoms with Gasteiger partial charge in [-0.15, -0.1) is 0 Å². The number of nitrogens with one attached hydrogen (secondary N) is 1. The Morgan fingerprint density at radius 3 is 2.45 bits per heavy atom. The van der Waals surface area contributed by atoms with Crippen LogP contribution in [0.5, 0.6) is 11.5 Å². The predicted molar refractivity (Wildman–Crippen MR) is 118 cm³/mol. The Bertz CT molecular complexity index is 895. The number of hydrogen-bond donors (Lipinski definition) is 2. The minimum absolute atomic E-state index is 0.0967. The molecule has 2 aromatic carbocycles. The van der Waals surface area contributed by atoms with Gasteiger partial charge in [-0.2, -0.15) is 0 Å². The van der Waals surface area contributed by atoms with Crippen molar-refractivity contribution in [1.29, 1.82) is 0 Å². The molecular weight excluding hydrogens is 392 g/mol. The molecule has 1 amide bonds. The first-order chi connectivity index (χ1) is 15.1. The molecule has 1 saturated heterocycles. The normalized spacial score (nSPS) is 20.9. The van der Waals surface area contributed by atoms with E-state index >= 15 is 0 Å². The molecule has 2 aliphatic rings. The molecule has 0 bridgehead atoms. The van der Waals surface area contributed by atoms with Gasteiger partial charge < -0.3 is 15.2 Å². The van der Waals surface area contributed by atoms with Crippen LogP contribution >= 0.6 is 0 Å². The molecule has 1 saturated carbocycles. The first-order valence-electron chi connectivity index (χ1n) is 11.2. The standard InChI is InChI=1S/C25H30N2O4/c28-23(18-9-7-14-21(17-18)31-20-12-5-2-6-13-20)22-15-8-16-27(22)25(30)24(29)26-19-10-3-1-4-11-19/h2,5-7,9,12-14,17,19,22,25,30H,1,3-4,8,10-11,15-16H2,(H,26,29). The SMILES string of the molecule is O=C(NC1CCCCC1)C(O)N1CCCC1C(=O)c1cccc(Oc2ccccc2)c1. The molecule has 31 heavy (non-hydrogen) atoms. The van der Waals surface area contributed by atoms with Gasteiger partial charge in [-0.05, 0) is 49.9 Å². The van der Waals surface area contributed by atoms with Gasteiger partial charge in [0, 0.05) is 18.2 Å². The number of ketones is 1. The van der Waals surface area contributed by atoms with Crippen molar-refractivity contribution in [3.63, 3.8) is 0 Å². The summed E-state index contributed by atoms with van der Waals surface area (Å²) in [5.74, 6) is 0.787. The van der Waals surface area contributed by atoms with Gasteiger partial charge in [0.1, 0.15) is 11.5 Å². The van der Waals surface area contributed by atoms with Gasteiger partial charge in [0.15, 0.2) is 12.0 Å². The fraction of sp³-hybridized carbons (Fsp3) is 0.440. The van der Waals surface area contributed by atoms with Crippen LogP contribution in [0.1, 0.15) is 55.3 Å². The molecule has 6 heteroatoms. The second-order valence-electron chi connectivity index (χ2n) is 8.42. The van der Waals surface area contributed by atoms with E-state index in [0.29, 0.717) is 30.0 Å². The average Bonchev–Trinajstić information content (AvgIpc) is 3.29. The lowest BCUT2D eigenvalue weighted by Gasteiger charge is -2.30. The number of benzene rings is 2. The lowest BCUT2D eigenvalue weighted by molar-refractivity contribution is -0.140. The van der Waals surface area contributed by atoms with Crippen LogP contribution in [0, 0.1) is 0 Å². The highest BCUT2D eigenvalue weighted by atomic mass is 16.5. The Morgan fingerprint density at radius 2 is 1.68 bits per heavy atom. The van der Waals surface area contributed by atoms with E-state index in [4.69, 9.17) is 4.74 Å². The quantitative estimate of drug-likeness (QED) is 0.662. The van der Waals surface area contributed by atoms with Crippen molar-refractivity contribution in [2.24, 2.45) is 0 Å². The van der Waals surface area contributed by atoms with E-state index in [0.717, 1.165) is 32.1 Å². The number of para-hydroxylation sites is 1. The van der Waals surface area contributed by atoms with E-state index in [9.17, 15) is 14.7 Å². The van der Waals surface area contributed by atoms with Crippen molar-refractivity contribution in [3.05, 3.63) is 60.2 Å². The molecular formula is C25H30N2O4. The number of likely N-dealkylation sites (tertiary alicyclic amines) is 1. The monoisotopic (exact) mass is 422 g/mol. The molecule has 164 valence electrons. The molecule has 0 spiro atoms. The molecule has 0 aromatic heterocycles. The summed E-state index contributed by atoms with van der Waals surface area (Å²) in [6.07, 6.45) is 5.40. The van der Waals surface area contributed by atoms with Gasteiger partial charge >= 0.3 is 0 Å². The second kappa shape index (κ2) is 10.1. The lowest BCUT2D eigenvalue weighted by atomic mass is 9.95. The second-order valence-corrected chi connectivity index (χ2v) is 8.42. The topological polar surface area (TPSA) is 78.9 Å². The Labute approximate surface area is 183 Å². The van der Waals surface area contributed by atoms with Crippen molar-refractivity contribution >= 4 is 11.7 Å². The third-order valence-electron chi connectivity index (χ3n) is 6.19. The van der Waals surface area contributed by atoms with Gasteiger partial charge in [-0.25, -0.2) is 0 Å². The number of Topliss-reactive ketones (excluding diaryl/α,β-unsaturated/α-hetero) is 1. The summed E-state index contributed by atoms with van der Waals surface area (Å²) in [7, 11) is 0. The van der Waals surface area contributed by atoms with E-state index in [2.05, 4.69) is 5.32 Å². The number of rotatable bonds is 7. The Balaban J connectivity index is 1.42. The van der Waals surface area contributed by atoms with Crippen LogP contribution in [0.4, 0.5) is 0 Å². The maximum absolute atomic E-state index is 13.2. The Morgan fingerprint density at radius 1 is 0.935 bits per heavy atom. The predicted octanol–water partition coefficient (Wildman–Crippen LogP) is 3.89. The average molecular weight is 423 g/mol. The largest absolute Gasteiger partial charge is 0.457 e. The third-order valence-corrected chi connectivity index (χ3v) is 6.19. The lowest BCUT2D eigenvalue weighted by Crippen LogP contribution is -2.53. The number of carbonyl (C=O) groups excluding carboxylic acids is 2. The summed E-state index contributed by atoms with van der Waals surface area (Å²) in [4.78, 5) is 27.5. The molecule has 2 aromatic rings. The van der Waals surface area contributed by atoms with E-state index in [1.807, 2.05) is 36.4 Å². The van der Waals surface area contributed by atoms with Gasteiger partial charge in [0.2, 0.25) is 0 Å². The number of aliphatic hydroxyl groups excluding tert-OH is 1. The van der Waals surface area contributed by atoms with Crippen LogP contribution in [0.2, 0.25) is 0 Å². The number of carbonyl (C=O) groups is 2. The Hall–Kier alpha value is -2.70. The fourth-order valence-corrected chi connectivity index (χ4v) is 4.57. The van der Waals surface area contributed by atoms with E-state index < -0.39 is 18.2 Å².